The predicted octanol–water partition coefficient (Wildman–Crippen LogP) is 2.89. The third kappa shape index (κ3) is 5.99. The lowest BCUT2D eigenvalue weighted by Crippen LogP contribution is -2.46. The third-order valence-electron chi connectivity index (χ3n) is 6.92. The fourth-order valence-electron chi connectivity index (χ4n) is 5.12. The molecule has 5 rings (SSSR count). The number of aromatic nitrogens is 3. The van der Waals surface area contributed by atoms with Crippen molar-refractivity contribution in [1.29, 1.82) is 0 Å². The normalized spacial score (nSPS) is 20.2. The van der Waals surface area contributed by atoms with Crippen LogP contribution in [0.1, 0.15) is 19.4 Å². The lowest BCUT2D eigenvalue weighted by atomic mass is 10.1. The maximum Gasteiger partial charge on any atom is 0.229 e. The molecule has 1 aromatic carbocycles. The van der Waals surface area contributed by atoms with Crippen molar-refractivity contribution in [2.24, 2.45) is 0 Å². The quantitative estimate of drug-likeness (QED) is 0.423. The van der Waals surface area contributed by atoms with Gasteiger partial charge in [0.2, 0.25) is 5.95 Å². The van der Waals surface area contributed by atoms with Gasteiger partial charge in [0.05, 0.1) is 50.2 Å². The minimum atomic E-state index is 0.111. The summed E-state index contributed by atoms with van der Waals surface area (Å²) in [6.07, 6.45) is 0.221. The molecule has 1 N–H and O–H groups in total. The first-order chi connectivity index (χ1) is 18.6. The van der Waals surface area contributed by atoms with Gasteiger partial charge in [-0.15, -0.1) is 0 Å². The molecule has 2 fully saturated rings. The number of morpholine rings is 2. The van der Waals surface area contributed by atoms with E-state index in [0.29, 0.717) is 38.0 Å². The van der Waals surface area contributed by atoms with Crippen LogP contribution in [0.3, 0.4) is 0 Å². The zero-order valence-corrected chi connectivity index (χ0v) is 22.8. The molecule has 38 heavy (non-hydrogen) atoms. The first-order valence-electron chi connectivity index (χ1n) is 13.3. The number of benzene rings is 1. The average molecular weight is 523 g/mol. The fraction of sp³-hybridized carbons (Fsp3) is 0.536. The van der Waals surface area contributed by atoms with Crippen molar-refractivity contribution in [2.75, 3.05) is 76.6 Å². The van der Waals surface area contributed by atoms with Gasteiger partial charge >= 0.3 is 0 Å². The van der Waals surface area contributed by atoms with Crippen LogP contribution in [0.4, 0.5) is 11.8 Å². The Bertz CT molecular complexity index is 1230. The lowest BCUT2D eigenvalue weighted by Gasteiger charge is -2.36. The zero-order valence-electron chi connectivity index (χ0n) is 22.8. The molecule has 2 saturated heterocycles. The summed E-state index contributed by atoms with van der Waals surface area (Å²) in [7, 11) is 3.40. The molecule has 0 amide bonds. The Morgan fingerprint density at radius 1 is 0.974 bits per heavy atom. The van der Waals surface area contributed by atoms with Gasteiger partial charge in [0.15, 0.2) is 5.65 Å². The van der Waals surface area contributed by atoms with E-state index in [9.17, 15) is 0 Å². The zero-order chi connectivity index (χ0) is 26.5. The standard InChI is InChI=1S/C28H38N6O4/c1-19-17-34(18-20(2)38-19)28-31-26-23(27(32-28)33-10-13-37-14-11-33)6-7-24(30-26)21-5-8-25(36-4)22(15-21)16-29-9-12-35-3/h5-8,15,19-20,29H,9-14,16-18H2,1-4H3/t19-,20+. The van der Waals surface area contributed by atoms with Crippen molar-refractivity contribution >= 4 is 22.8 Å². The van der Waals surface area contributed by atoms with Crippen LogP contribution in [-0.4, -0.2) is 93.9 Å². The van der Waals surface area contributed by atoms with E-state index < -0.39 is 0 Å². The van der Waals surface area contributed by atoms with Crippen molar-refractivity contribution in [3.63, 3.8) is 0 Å². The molecule has 204 valence electrons. The van der Waals surface area contributed by atoms with Crippen molar-refractivity contribution in [2.45, 2.75) is 32.6 Å². The molecule has 2 atom stereocenters. The molecule has 0 saturated carbocycles. The summed E-state index contributed by atoms with van der Waals surface area (Å²) in [6, 6.07) is 10.3. The van der Waals surface area contributed by atoms with E-state index in [1.54, 1.807) is 14.2 Å². The van der Waals surface area contributed by atoms with Crippen molar-refractivity contribution in [1.82, 2.24) is 20.3 Å². The van der Waals surface area contributed by atoms with Crippen LogP contribution in [0.25, 0.3) is 22.3 Å². The summed E-state index contributed by atoms with van der Waals surface area (Å²) in [5.74, 6) is 2.45. The monoisotopic (exact) mass is 522 g/mol. The molecule has 10 heteroatoms. The molecule has 0 unspecified atom stereocenters. The van der Waals surface area contributed by atoms with Crippen LogP contribution in [0, 0.1) is 0 Å². The average Bonchev–Trinajstić information content (AvgIpc) is 2.94. The van der Waals surface area contributed by atoms with Gasteiger partial charge in [-0.1, -0.05) is 0 Å². The number of methoxy groups -OCH3 is 2. The first kappa shape index (κ1) is 26.6. The van der Waals surface area contributed by atoms with Crippen LogP contribution in [0.15, 0.2) is 30.3 Å². The third-order valence-corrected chi connectivity index (χ3v) is 6.92. The van der Waals surface area contributed by atoms with E-state index in [1.807, 2.05) is 12.1 Å². The van der Waals surface area contributed by atoms with Gasteiger partial charge in [-0.05, 0) is 44.2 Å². The topological polar surface area (TPSA) is 94.1 Å². The molecular weight excluding hydrogens is 484 g/mol. The molecule has 4 heterocycles. The number of ether oxygens (including phenoxy) is 4. The summed E-state index contributed by atoms with van der Waals surface area (Å²) >= 11 is 0. The number of nitrogens with zero attached hydrogens (tertiary/aromatic N) is 5. The number of pyridine rings is 1. The highest BCUT2D eigenvalue weighted by molar-refractivity contribution is 5.90. The van der Waals surface area contributed by atoms with E-state index in [4.69, 9.17) is 33.9 Å². The Labute approximate surface area is 224 Å². The molecule has 2 aromatic heterocycles. The second kappa shape index (κ2) is 12.2. The summed E-state index contributed by atoms with van der Waals surface area (Å²) in [5.41, 5.74) is 3.63. The Hall–Kier alpha value is -3.05. The minimum Gasteiger partial charge on any atom is -0.496 e. The van der Waals surface area contributed by atoms with Crippen molar-refractivity contribution in [3.05, 3.63) is 35.9 Å². The minimum absolute atomic E-state index is 0.111. The Morgan fingerprint density at radius 2 is 1.76 bits per heavy atom. The van der Waals surface area contributed by atoms with Gasteiger partial charge in [-0.25, -0.2) is 4.98 Å². The SMILES string of the molecule is COCCNCc1cc(-c2ccc3c(N4CCOCC4)nc(N4C[C@@H](C)O[C@@H](C)C4)nc3n2)ccc1OC. The largest absolute Gasteiger partial charge is 0.496 e. The molecule has 0 bridgehead atoms. The van der Waals surface area contributed by atoms with Gasteiger partial charge in [0.1, 0.15) is 11.6 Å². The highest BCUT2D eigenvalue weighted by Gasteiger charge is 2.26. The number of hydrogen-bond donors (Lipinski definition) is 1. The predicted molar refractivity (Wildman–Crippen MR) is 148 cm³/mol. The second-order valence-corrected chi connectivity index (χ2v) is 9.87. The fourth-order valence-corrected chi connectivity index (χ4v) is 5.12. The van der Waals surface area contributed by atoms with Crippen LogP contribution < -0.4 is 19.9 Å². The molecule has 10 nitrogen and oxygen atoms in total. The molecule has 0 radical (unpaired) electrons. The highest BCUT2D eigenvalue weighted by atomic mass is 16.5. The van der Waals surface area contributed by atoms with E-state index in [0.717, 1.165) is 66.5 Å². The van der Waals surface area contributed by atoms with E-state index in [2.05, 4.69) is 47.2 Å². The van der Waals surface area contributed by atoms with Crippen molar-refractivity contribution < 1.29 is 18.9 Å². The molecule has 0 spiro atoms. The number of fused-ring (bicyclic) bond motifs is 1. The lowest BCUT2D eigenvalue weighted by molar-refractivity contribution is -0.00570. The Balaban J connectivity index is 1.53. The van der Waals surface area contributed by atoms with Gasteiger partial charge < -0.3 is 34.1 Å². The van der Waals surface area contributed by atoms with Gasteiger partial charge in [0.25, 0.3) is 0 Å². The van der Waals surface area contributed by atoms with E-state index >= 15 is 0 Å². The molecule has 0 aliphatic carbocycles. The number of nitrogens with one attached hydrogen (secondary N) is 1. The Morgan fingerprint density at radius 3 is 2.50 bits per heavy atom. The molecule has 2 aliphatic heterocycles. The summed E-state index contributed by atoms with van der Waals surface area (Å²) in [6.45, 7) is 10.7. The van der Waals surface area contributed by atoms with E-state index in [-0.39, 0.29) is 12.2 Å². The smallest absolute Gasteiger partial charge is 0.229 e. The van der Waals surface area contributed by atoms with Crippen LogP contribution in [0.2, 0.25) is 0 Å². The molecular formula is C28H38N6O4. The maximum atomic E-state index is 5.96. The summed E-state index contributed by atoms with van der Waals surface area (Å²) in [5, 5.41) is 4.35. The van der Waals surface area contributed by atoms with Gasteiger partial charge in [-0.2, -0.15) is 9.97 Å². The van der Waals surface area contributed by atoms with Gasteiger partial charge in [0, 0.05) is 57.5 Å². The maximum absolute atomic E-state index is 5.96. The van der Waals surface area contributed by atoms with E-state index in [1.165, 1.54) is 0 Å². The number of anilines is 2. The summed E-state index contributed by atoms with van der Waals surface area (Å²) < 4.78 is 22.3. The highest BCUT2D eigenvalue weighted by Crippen LogP contribution is 2.31. The number of hydrogen-bond acceptors (Lipinski definition) is 10. The number of rotatable bonds is 9. The second-order valence-electron chi connectivity index (χ2n) is 9.87. The van der Waals surface area contributed by atoms with Gasteiger partial charge in [-0.3, -0.25) is 0 Å². The molecule has 2 aliphatic rings. The van der Waals surface area contributed by atoms with Crippen LogP contribution in [0.5, 0.6) is 5.75 Å². The Kier molecular flexibility index (Phi) is 8.53. The molecule has 3 aromatic rings. The van der Waals surface area contributed by atoms with Crippen LogP contribution in [-0.2, 0) is 20.8 Å². The van der Waals surface area contributed by atoms with Crippen molar-refractivity contribution in [3.8, 4) is 17.0 Å². The van der Waals surface area contributed by atoms with Crippen LogP contribution >= 0.6 is 0 Å². The first-order valence-corrected chi connectivity index (χ1v) is 13.3. The summed E-state index contributed by atoms with van der Waals surface area (Å²) in [4.78, 5) is 19.6.